The molecule has 2 N–H and O–H groups in total. The molecule has 0 aliphatic carbocycles. The first kappa shape index (κ1) is 11.1. The Morgan fingerprint density at radius 1 is 1.44 bits per heavy atom. The SMILES string of the molecule is CCNC(C)Cc1nc2c(C)cccc2[nH]1. The van der Waals surface area contributed by atoms with E-state index in [9.17, 15) is 0 Å². The monoisotopic (exact) mass is 217 g/mol. The number of imidazole rings is 1. The predicted molar refractivity (Wildman–Crippen MR) is 67.7 cm³/mol. The first-order valence-electron chi connectivity index (χ1n) is 5.88. The van der Waals surface area contributed by atoms with Gasteiger partial charge in [-0.15, -0.1) is 0 Å². The zero-order chi connectivity index (χ0) is 11.5. The summed E-state index contributed by atoms with van der Waals surface area (Å²) in [5, 5.41) is 3.39. The van der Waals surface area contributed by atoms with Gasteiger partial charge in [0.2, 0.25) is 0 Å². The summed E-state index contributed by atoms with van der Waals surface area (Å²) >= 11 is 0. The van der Waals surface area contributed by atoms with Gasteiger partial charge < -0.3 is 10.3 Å². The van der Waals surface area contributed by atoms with Crippen LogP contribution in [0.1, 0.15) is 25.2 Å². The topological polar surface area (TPSA) is 40.7 Å². The van der Waals surface area contributed by atoms with Crippen LogP contribution in [0.3, 0.4) is 0 Å². The van der Waals surface area contributed by atoms with Crippen LogP contribution in [-0.2, 0) is 6.42 Å². The highest BCUT2D eigenvalue weighted by Gasteiger charge is 2.07. The molecule has 3 heteroatoms. The maximum atomic E-state index is 4.64. The number of H-pyrrole nitrogens is 1. The van der Waals surface area contributed by atoms with Crippen LogP contribution in [0, 0.1) is 6.92 Å². The number of nitrogens with one attached hydrogen (secondary N) is 2. The van der Waals surface area contributed by atoms with Gasteiger partial charge in [-0.1, -0.05) is 19.1 Å². The Bertz CT molecular complexity index is 473. The number of likely N-dealkylation sites (N-methyl/N-ethyl adjacent to an activating group) is 1. The molecule has 0 spiro atoms. The van der Waals surface area contributed by atoms with E-state index in [-0.39, 0.29) is 0 Å². The summed E-state index contributed by atoms with van der Waals surface area (Å²) in [4.78, 5) is 8.01. The van der Waals surface area contributed by atoms with Crippen LogP contribution in [0.4, 0.5) is 0 Å². The maximum Gasteiger partial charge on any atom is 0.108 e. The van der Waals surface area contributed by atoms with Gasteiger partial charge in [-0.2, -0.15) is 0 Å². The van der Waals surface area contributed by atoms with Gasteiger partial charge in [-0.25, -0.2) is 4.98 Å². The second-order valence-corrected chi connectivity index (χ2v) is 4.32. The average molecular weight is 217 g/mol. The zero-order valence-electron chi connectivity index (χ0n) is 10.2. The lowest BCUT2D eigenvalue weighted by molar-refractivity contribution is 0.555. The average Bonchev–Trinajstić information content (AvgIpc) is 2.62. The van der Waals surface area contributed by atoms with Crippen molar-refractivity contribution >= 4 is 11.0 Å². The van der Waals surface area contributed by atoms with E-state index in [1.807, 2.05) is 0 Å². The third-order valence-corrected chi connectivity index (χ3v) is 2.82. The van der Waals surface area contributed by atoms with E-state index < -0.39 is 0 Å². The van der Waals surface area contributed by atoms with Gasteiger partial charge in [0, 0.05) is 12.5 Å². The molecular weight excluding hydrogens is 198 g/mol. The fourth-order valence-corrected chi connectivity index (χ4v) is 2.03. The van der Waals surface area contributed by atoms with Crippen LogP contribution in [0.5, 0.6) is 0 Å². The van der Waals surface area contributed by atoms with Crippen molar-refractivity contribution in [1.82, 2.24) is 15.3 Å². The summed E-state index contributed by atoms with van der Waals surface area (Å²) in [6.45, 7) is 7.41. The zero-order valence-corrected chi connectivity index (χ0v) is 10.2. The van der Waals surface area contributed by atoms with Crippen molar-refractivity contribution in [3.8, 4) is 0 Å². The third kappa shape index (κ3) is 2.25. The van der Waals surface area contributed by atoms with Crippen molar-refractivity contribution in [3.05, 3.63) is 29.6 Å². The molecule has 0 bridgehead atoms. The lowest BCUT2D eigenvalue weighted by Crippen LogP contribution is -2.27. The van der Waals surface area contributed by atoms with E-state index in [2.05, 4.69) is 54.3 Å². The summed E-state index contributed by atoms with van der Waals surface area (Å²) in [5.41, 5.74) is 3.47. The number of hydrogen-bond donors (Lipinski definition) is 2. The summed E-state index contributed by atoms with van der Waals surface area (Å²) in [6.07, 6.45) is 0.946. The molecule has 1 aromatic heterocycles. The Morgan fingerprint density at radius 2 is 2.25 bits per heavy atom. The normalized spacial score (nSPS) is 13.2. The summed E-state index contributed by atoms with van der Waals surface area (Å²) in [5.74, 6) is 1.07. The minimum Gasteiger partial charge on any atom is -0.342 e. The maximum absolute atomic E-state index is 4.64. The second kappa shape index (κ2) is 4.66. The van der Waals surface area contributed by atoms with Gasteiger partial charge in [0.05, 0.1) is 11.0 Å². The molecule has 0 radical (unpaired) electrons. The Hall–Kier alpha value is -1.35. The molecule has 0 aliphatic rings. The number of aryl methyl sites for hydroxylation is 1. The first-order chi connectivity index (χ1) is 7.70. The van der Waals surface area contributed by atoms with Gasteiger partial charge >= 0.3 is 0 Å². The number of hydrogen-bond acceptors (Lipinski definition) is 2. The van der Waals surface area contributed by atoms with Crippen molar-refractivity contribution in [3.63, 3.8) is 0 Å². The van der Waals surface area contributed by atoms with Gasteiger partial charge in [0.1, 0.15) is 5.82 Å². The Kier molecular flexibility index (Phi) is 3.25. The van der Waals surface area contributed by atoms with Crippen molar-refractivity contribution in [1.29, 1.82) is 0 Å². The van der Waals surface area contributed by atoms with Gasteiger partial charge in [0.15, 0.2) is 0 Å². The highest BCUT2D eigenvalue weighted by molar-refractivity contribution is 5.78. The molecule has 2 aromatic rings. The fourth-order valence-electron chi connectivity index (χ4n) is 2.03. The van der Waals surface area contributed by atoms with Crippen molar-refractivity contribution in [2.45, 2.75) is 33.2 Å². The van der Waals surface area contributed by atoms with E-state index in [1.165, 1.54) is 5.56 Å². The molecule has 3 nitrogen and oxygen atoms in total. The molecule has 0 aliphatic heterocycles. The van der Waals surface area contributed by atoms with Gasteiger partial charge in [-0.3, -0.25) is 0 Å². The smallest absolute Gasteiger partial charge is 0.108 e. The summed E-state index contributed by atoms with van der Waals surface area (Å²) in [6, 6.07) is 6.70. The number of aromatic amines is 1. The van der Waals surface area contributed by atoms with E-state index >= 15 is 0 Å². The highest BCUT2D eigenvalue weighted by Crippen LogP contribution is 2.15. The molecule has 1 atom stereocenters. The van der Waals surface area contributed by atoms with Crippen LogP contribution in [-0.4, -0.2) is 22.6 Å². The number of fused-ring (bicyclic) bond motifs is 1. The van der Waals surface area contributed by atoms with Crippen molar-refractivity contribution < 1.29 is 0 Å². The lowest BCUT2D eigenvalue weighted by atomic mass is 10.2. The van der Waals surface area contributed by atoms with Crippen LogP contribution in [0.2, 0.25) is 0 Å². The Balaban J connectivity index is 2.23. The third-order valence-electron chi connectivity index (χ3n) is 2.82. The van der Waals surface area contributed by atoms with E-state index in [0.717, 1.165) is 29.8 Å². The Morgan fingerprint density at radius 3 is 2.94 bits per heavy atom. The number of rotatable bonds is 4. The molecule has 1 heterocycles. The van der Waals surface area contributed by atoms with Crippen LogP contribution >= 0.6 is 0 Å². The molecule has 1 unspecified atom stereocenters. The molecule has 0 fully saturated rings. The summed E-state index contributed by atoms with van der Waals surface area (Å²) < 4.78 is 0. The fraction of sp³-hybridized carbons (Fsp3) is 0.462. The van der Waals surface area contributed by atoms with Crippen LogP contribution in [0.15, 0.2) is 18.2 Å². The molecule has 0 amide bonds. The predicted octanol–water partition coefficient (Wildman–Crippen LogP) is 2.41. The minimum absolute atomic E-state index is 0.464. The molecule has 86 valence electrons. The highest BCUT2D eigenvalue weighted by atomic mass is 15.0. The number of nitrogens with zero attached hydrogens (tertiary/aromatic N) is 1. The van der Waals surface area contributed by atoms with Crippen LogP contribution in [0.25, 0.3) is 11.0 Å². The summed E-state index contributed by atoms with van der Waals surface area (Å²) in [7, 11) is 0. The van der Waals surface area contributed by atoms with E-state index in [4.69, 9.17) is 0 Å². The van der Waals surface area contributed by atoms with Gasteiger partial charge in [0.25, 0.3) is 0 Å². The second-order valence-electron chi connectivity index (χ2n) is 4.32. The molecule has 1 aromatic carbocycles. The van der Waals surface area contributed by atoms with E-state index in [1.54, 1.807) is 0 Å². The molecule has 16 heavy (non-hydrogen) atoms. The number of aromatic nitrogens is 2. The standard InChI is InChI=1S/C13H19N3/c1-4-14-10(3)8-12-15-11-7-5-6-9(2)13(11)16-12/h5-7,10,14H,4,8H2,1-3H3,(H,15,16). The molecule has 0 saturated carbocycles. The van der Waals surface area contributed by atoms with Crippen molar-refractivity contribution in [2.24, 2.45) is 0 Å². The molecule has 2 rings (SSSR count). The lowest BCUT2D eigenvalue weighted by Gasteiger charge is -2.09. The first-order valence-corrected chi connectivity index (χ1v) is 5.88. The molecular formula is C13H19N3. The quantitative estimate of drug-likeness (QED) is 0.825. The number of para-hydroxylation sites is 1. The van der Waals surface area contributed by atoms with E-state index in [0.29, 0.717) is 6.04 Å². The van der Waals surface area contributed by atoms with Gasteiger partial charge in [-0.05, 0) is 32.0 Å². The number of benzene rings is 1. The largest absolute Gasteiger partial charge is 0.342 e. The van der Waals surface area contributed by atoms with Crippen molar-refractivity contribution in [2.75, 3.05) is 6.54 Å². The van der Waals surface area contributed by atoms with Crippen LogP contribution < -0.4 is 5.32 Å². The minimum atomic E-state index is 0.464. The Labute approximate surface area is 96.3 Å². The molecule has 0 saturated heterocycles.